The number of ether oxygens (including phenoxy) is 1. The Balaban J connectivity index is 2.07. The molecular formula is C24H28N2O4S. The normalized spacial score (nSPS) is 12.4. The van der Waals surface area contributed by atoms with E-state index in [0.717, 1.165) is 22.3 Å². The number of rotatable bonds is 8. The lowest BCUT2D eigenvalue weighted by atomic mass is 10.2. The fourth-order valence-corrected chi connectivity index (χ4v) is 3.30. The molecular weight excluding hydrogens is 412 g/mol. The van der Waals surface area contributed by atoms with E-state index in [1.807, 2.05) is 36.4 Å². The topological polar surface area (TPSA) is 76.0 Å². The summed E-state index contributed by atoms with van der Waals surface area (Å²) in [5.74, 6) is -0.622. The second-order valence-electron chi connectivity index (χ2n) is 7.85. The zero-order chi connectivity index (χ0) is 22.9. The van der Waals surface area contributed by atoms with E-state index < -0.39 is 17.6 Å². The monoisotopic (exact) mass is 440 g/mol. The number of hydrazone groups is 1. The molecule has 1 unspecified atom stereocenters. The number of carbonyl (C=O) groups excluding carboxylic acids is 3. The predicted molar refractivity (Wildman–Crippen MR) is 124 cm³/mol. The smallest absolute Gasteiger partial charge is 0.331 e. The first kappa shape index (κ1) is 24.3. The molecule has 2 rings (SSSR count). The lowest BCUT2D eigenvalue weighted by Crippen LogP contribution is -2.43. The van der Waals surface area contributed by atoms with Crippen LogP contribution in [0.1, 0.15) is 50.0 Å². The van der Waals surface area contributed by atoms with Crippen LogP contribution in [-0.4, -0.2) is 45.6 Å². The van der Waals surface area contributed by atoms with E-state index in [0.29, 0.717) is 5.56 Å². The molecule has 0 aliphatic carbocycles. The van der Waals surface area contributed by atoms with Crippen molar-refractivity contribution in [2.45, 2.75) is 45.8 Å². The van der Waals surface area contributed by atoms with E-state index in [-0.39, 0.29) is 23.2 Å². The molecule has 0 heterocycles. The van der Waals surface area contributed by atoms with Crippen molar-refractivity contribution in [1.29, 1.82) is 0 Å². The Morgan fingerprint density at radius 1 is 1.03 bits per heavy atom. The van der Waals surface area contributed by atoms with Gasteiger partial charge in [0.05, 0.1) is 6.21 Å². The maximum absolute atomic E-state index is 12.9. The van der Waals surface area contributed by atoms with Gasteiger partial charge >= 0.3 is 5.97 Å². The van der Waals surface area contributed by atoms with Crippen LogP contribution in [0.5, 0.6) is 0 Å². The third-order valence-electron chi connectivity index (χ3n) is 4.06. The van der Waals surface area contributed by atoms with Crippen molar-refractivity contribution in [1.82, 2.24) is 5.01 Å². The Hall–Kier alpha value is -2.93. The van der Waals surface area contributed by atoms with Crippen molar-refractivity contribution in [3.05, 3.63) is 71.8 Å². The molecule has 2 aromatic carbocycles. The molecule has 0 spiro atoms. The van der Waals surface area contributed by atoms with Crippen LogP contribution in [-0.2, 0) is 14.3 Å². The highest BCUT2D eigenvalue weighted by Crippen LogP contribution is 2.16. The molecule has 0 aliphatic rings. The minimum atomic E-state index is -0.901. The maximum Gasteiger partial charge on any atom is 0.331 e. The van der Waals surface area contributed by atoms with Crippen LogP contribution >= 0.6 is 11.8 Å². The molecule has 7 heteroatoms. The lowest BCUT2D eigenvalue weighted by molar-refractivity contribution is -0.164. The first-order valence-electron chi connectivity index (χ1n) is 10.0. The van der Waals surface area contributed by atoms with Crippen molar-refractivity contribution in [2.75, 3.05) is 5.75 Å². The molecule has 0 aliphatic heterocycles. The summed E-state index contributed by atoms with van der Waals surface area (Å²) in [4.78, 5) is 37.6. The van der Waals surface area contributed by atoms with Crippen molar-refractivity contribution in [3.8, 4) is 0 Å². The zero-order valence-corrected chi connectivity index (χ0v) is 19.1. The van der Waals surface area contributed by atoms with Crippen LogP contribution in [0.25, 0.3) is 0 Å². The first-order valence-corrected chi connectivity index (χ1v) is 11.0. The molecule has 6 nitrogen and oxygen atoms in total. The molecule has 0 saturated heterocycles. The second-order valence-corrected chi connectivity index (χ2v) is 8.92. The van der Waals surface area contributed by atoms with E-state index in [2.05, 4.69) is 5.10 Å². The number of benzene rings is 2. The van der Waals surface area contributed by atoms with E-state index in [9.17, 15) is 14.4 Å². The standard InChI is InChI=1S/C24H28N2O4S/c1-18(22(28)30-24(2,3)4)26(25-17-19-11-7-5-8-12-19)21(27)15-16-31-23(29)20-13-9-6-10-14-20/h5-14,17-18H,15-16H2,1-4H3. The van der Waals surface area contributed by atoms with Crippen LogP contribution in [0.4, 0.5) is 0 Å². The third kappa shape index (κ3) is 8.38. The second kappa shape index (κ2) is 11.5. The van der Waals surface area contributed by atoms with E-state index in [1.54, 1.807) is 52.0 Å². The summed E-state index contributed by atoms with van der Waals surface area (Å²) in [5, 5.41) is 5.29. The Kier molecular flexibility index (Phi) is 9.00. The summed E-state index contributed by atoms with van der Waals surface area (Å²) in [5.41, 5.74) is 0.701. The third-order valence-corrected chi connectivity index (χ3v) is 4.97. The number of esters is 1. The highest BCUT2D eigenvalue weighted by Gasteiger charge is 2.29. The van der Waals surface area contributed by atoms with E-state index in [1.165, 1.54) is 6.21 Å². The quantitative estimate of drug-likeness (QED) is 0.342. The number of thioether (sulfide) groups is 1. The Labute approximate surface area is 187 Å². The number of amides is 1. The molecule has 0 saturated carbocycles. The average molecular weight is 441 g/mol. The van der Waals surface area contributed by atoms with Gasteiger partial charge in [0.25, 0.3) is 0 Å². The van der Waals surface area contributed by atoms with Gasteiger partial charge in [0.2, 0.25) is 11.0 Å². The van der Waals surface area contributed by atoms with Gasteiger partial charge in [0, 0.05) is 17.7 Å². The van der Waals surface area contributed by atoms with Gasteiger partial charge in [0.15, 0.2) is 0 Å². The average Bonchev–Trinajstić information content (AvgIpc) is 2.73. The first-order chi connectivity index (χ1) is 14.7. The highest BCUT2D eigenvalue weighted by atomic mass is 32.2. The SMILES string of the molecule is CC(C(=O)OC(C)(C)C)N(N=Cc1ccccc1)C(=O)CCSC(=O)c1ccccc1. The molecule has 0 radical (unpaired) electrons. The zero-order valence-electron chi connectivity index (χ0n) is 18.3. The van der Waals surface area contributed by atoms with Crippen molar-refractivity contribution < 1.29 is 19.1 Å². The van der Waals surface area contributed by atoms with Crippen molar-refractivity contribution in [3.63, 3.8) is 0 Å². The van der Waals surface area contributed by atoms with Crippen LogP contribution in [0.15, 0.2) is 65.8 Å². The molecule has 0 bridgehead atoms. The Morgan fingerprint density at radius 3 is 2.19 bits per heavy atom. The fraction of sp³-hybridized carbons (Fsp3) is 0.333. The van der Waals surface area contributed by atoms with Crippen LogP contribution in [0.2, 0.25) is 0 Å². The van der Waals surface area contributed by atoms with Gasteiger partial charge in [-0.05, 0) is 33.3 Å². The van der Waals surface area contributed by atoms with Crippen LogP contribution in [0.3, 0.4) is 0 Å². The minimum absolute atomic E-state index is 0.0580. The summed E-state index contributed by atoms with van der Waals surface area (Å²) in [6.45, 7) is 6.88. The van der Waals surface area contributed by atoms with Gasteiger partial charge in [-0.2, -0.15) is 5.10 Å². The summed E-state index contributed by atoms with van der Waals surface area (Å²) in [6.07, 6.45) is 1.59. The van der Waals surface area contributed by atoms with Gasteiger partial charge in [-0.1, -0.05) is 72.4 Å². The summed E-state index contributed by atoms with van der Waals surface area (Å²) in [7, 11) is 0. The van der Waals surface area contributed by atoms with Gasteiger partial charge < -0.3 is 4.74 Å². The molecule has 1 amide bonds. The Bertz CT molecular complexity index is 908. The molecule has 0 aromatic heterocycles. The summed E-state index contributed by atoms with van der Waals surface area (Å²) in [6, 6.07) is 17.3. The molecule has 31 heavy (non-hydrogen) atoms. The number of hydrogen-bond donors (Lipinski definition) is 0. The van der Waals surface area contributed by atoms with Gasteiger partial charge in [0.1, 0.15) is 11.6 Å². The summed E-state index contributed by atoms with van der Waals surface area (Å²) < 4.78 is 5.42. The molecule has 1 atom stereocenters. The van der Waals surface area contributed by atoms with E-state index >= 15 is 0 Å². The fourth-order valence-electron chi connectivity index (χ4n) is 2.54. The number of carbonyl (C=O) groups is 3. The molecule has 164 valence electrons. The largest absolute Gasteiger partial charge is 0.458 e. The number of hydrogen-bond acceptors (Lipinski definition) is 6. The van der Waals surface area contributed by atoms with Gasteiger partial charge in [-0.3, -0.25) is 9.59 Å². The van der Waals surface area contributed by atoms with Crippen LogP contribution < -0.4 is 0 Å². The molecule has 0 N–H and O–H groups in total. The van der Waals surface area contributed by atoms with E-state index in [4.69, 9.17) is 4.74 Å². The highest BCUT2D eigenvalue weighted by molar-refractivity contribution is 8.14. The molecule has 2 aromatic rings. The minimum Gasteiger partial charge on any atom is -0.458 e. The Morgan fingerprint density at radius 2 is 1.61 bits per heavy atom. The predicted octanol–water partition coefficient (Wildman–Crippen LogP) is 4.54. The van der Waals surface area contributed by atoms with Gasteiger partial charge in [-0.25, -0.2) is 9.80 Å². The molecule has 0 fully saturated rings. The van der Waals surface area contributed by atoms with Crippen molar-refractivity contribution >= 4 is 35.0 Å². The number of nitrogens with zero attached hydrogens (tertiary/aromatic N) is 2. The van der Waals surface area contributed by atoms with Gasteiger partial charge in [-0.15, -0.1) is 0 Å². The lowest BCUT2D eigenvalue weighted by Gasteiger charge is -2.27. The van der Waals surface area contributed by atoms with Crippen LogP contribution in [0, 0.1) is 0 Å². The summed E-state index contributed by atoms with van der Waals surface area (Å²) >= 11 is 1.07. The van der Waals surface area contributed by atoms with Crippen molar-refractivity contribution in [2.24, 2.45) is 5.10 Å². The maximum atomic E-state index is 12.9.